The van der Waals surface area contributed by atoms with E-state index in [0.29, 0.717) is 87.0 Å². The second-order valence-corrected chi connectivity index (χ2v) is 11.6. The highest BCUT2D eigenvalue weighted by molar-refractivity contribution is 8.21. The van der Waals surface area contributed by atoms with Gasteiger partial charge in [0.05, 0.1) is 62.1 Å². The quantitative estimate of drug-likeness (QED) is 0.0655. The second-order valence-electron chi connectivity index (χ2n) is 9.35. The number of amides is 1. The number of hydrogen-bond donors (Lipinski definition) is 1. The van der Waals surface area contributed by atoms with Gasteiger partial charge in [0, 0.05) is 31.2 Å². The van der Waals surface area contributed by atoms with Gasteiger partial charge in [-0.2, -0.15) is 5.26 Å². The van der Waals surface area contributed by atoms with E-state index in [2.05, 4.69) is 11.4 Å². The van der Waals surface area contributed by atoms with E-state index < -0.39 is 28.9 Å². The normalized spacial score (nSPS) is 11.4. The lowest BCUT2D eigenvalue weighted by atomic mass is 10.2. The summed E-state index contributed by atoms with van der Waals surface area (Å²) in [5.41, 5.74) is 1.07. The van der Waals surface area contributed by atoms with Crippen LogP contribution in [0.3, 0.4) is 0 Å². The van der Waals surface area contributed by atoms with Gasteiger partial charge in [0.25, 0.3) is 0 Å². The van der Waals surface area contributed by atoms with Crippen LogP contribution in [0.2, 0.25) is 0 Å². The van der Waals surface area contributed by atoms with Crippen molar-refractivity contribution >= 4 is 35.0 Å². The number of alkyl carbamates (subject to hydrolysis) is 1. The number of carbonyl (C=O) groups is 3. The van der Waals surface area contributed by atoms with Crippen molar-refractivity contribution in [1.82, 2.24) is 5.32 Å². The lowest BCUT2D eigenvalue weighted by Gasteiger charge is -2.36. The van der Waals surface area contributed by atoms with Crippen molar-refractivity contribution in [2.75, 3.05) is 51.9 Å². The van der Waals surface area contributed by atoms with Crippen molar-refractivity contribution in [2.45, 2.75) is 46.5 Å². The fourth-order valence-corrected chi connectivity index (χ4v) is 5.89. The van der Waals surface area contributed by atoms with Gasteiger partial charge in [-0.3, -0.25) is 12.5 Å². The number of carbonyl (C=O) groups excluding carboxylic acids is 3. The molecule has 0 saturated carbocycles. The molecule has 0 radical (unpaired) electrons. The van der Waals surface area contributed by atoms with E-state index in [-0.39, 0.29) is 13.2 Å². The summed E-state index contributed by atoms with van der Waals surface area (Å²) in [7, 11) is -2.09. The Hall–Kier alpha value is -4.09. The number of unbranched alkanes of at least 4 members (excludes halogenated alkanes) is 1. The lowest BCUT2D eigenvalue weighted by molar-refractivity contribution is -0.137. The predicted molar refractivity (Wildman–Crippen MR) is 174 cm³/mol. The Morgan fingerprint density at radius 2 is 1.43 bits per heavy atom. The van der Waals surface area contributed by atoms with Crippen LogP contribution in [0.1, 0.15) is 62.4 Å². The van der Waals surface area contributed by atoms with E-state index in [1.165, 1.54) is 6.08 Å². The maximum Gasteiger partial charge on any atom is 0.407 e. The third-order valence-electron chi connectivity index (χ3n) is 5.79. The summed E-state index contributed by atoms with van der Waals surface area (Å²) in [5.74, 6) is 0.425. The third kappa shape index (κ3) is 15.3. The van der Waals surface area contributed by atoms with E-state index in [1.54, 1.807) is 54.6 Å². The number of nitrogens with one attached hydrogen (secondary N) is 1. The summed E-state index contributed by atoms with van der Waals surface area (Å²) in [4.78, 5) is 36.4. The molecule has 46 heavy (non-hydrogen) atoms. The molecule has 0 atom stereocenters. The summed E-state index contributed by atoms with van der Waals surface area (Å²) in [6, 6.07) is 15.2. The molecule has 0 fully saturated rings. The zero-order chi connectivity index (χ0) is 33.5. The molecule has 1 N–H and O–H groups in total. The highest BCUT2D eigenvalue weighted by atomic mass is 32.3. The Bertz CT molecular complexity index is 1250. The highest BCUT2D eigenvalue weighted by Gasteiger charge is 2.25. The Balaban J connectivity index is 1.62. The fraction of sp³-hybridized carbons (Fsp3) is 0.455. The lowest BCUT2D eigenvalue weighted by Crippen LogP contribution is -2.27. The van der Waals surface area contributed by atoms with E-state index in [0.717, 1.165) is 0 Å². The Morgan fingerprint density at radius 3 is 2.07 bits per heavy atom. The van der Waals surface area contributed by atoms with E-state index >= 15 is 0 Å². The molecule has 0 aliphatic heterocycles. The topological polar surface area (TPSA) is 152 Å². The van der Waals surface area contributed by atoms with Gasteiger partial charge < -0.3 is 24.3 Å². The van der Waals surface area contributed by atoms with Gasteiger partial charge in [-0.05, 0) is 81.7 Å². The minimum atomic E-state index is -2.09. The minimum absolute atomic E-state index is 0.0859. The van der Waals surface area contributed by atoms with E-state index in [1.807, 2.05) is 20.8 Å². The molecular formula is C33H44N2O10S. The molecule has 0 saturated heterocycles. The Kier molecular flexibility index (Phi) is 18.6. The Labute approximate surface area is 272 Å². The SMILES string of the molecule is CCOS(CCCNC(=O)OCCCOC(=O)C=Cc1ccc(OC(=O)c2ccc(OCCCC#N)cc2)cc1)(OCC)OCC. The van der Waals surface area contributed by atoms with Crippen LogP contribution in [0.25, 0.3) is 6.08 Å². The molecule has 2 aromatic rings. The van der Waals surface area contributed by atoms with Crippen molar-refractivity contribution in [3.05, 3.63) is 65.7 Å². The summed E-state index contributed by atoms with van der Waals surface area (Å²) in [6.07, 6.45) is 4.30. The standard InChI is InChI=1S/C33H44N2O10S/c1-4-42-46(43-5-2,44-6-3)26-9-22-35-33(38)41-25-10-24-40-31(36)20-13-27-11-16-30(17-12-27)45-32(37)28-14-18-29(19-15-28)39-23-8-7-21-34/h11-20H,4-10,22-26H2,1-3H3,(H,35,38). The summed E-state index contributed by atoms with van der Waals surface area (Å²) in [6.45, 7) is 8.04. The van der Waals surface area contributed by atoms with Crippen molar-refractivity contribution in [2.24, 2.45) is 0 Å². The number of rotatable bonds is 22. The summed E-state index contributed by atoms with van der Waals surface area (Å²) < 4.78 is 38.4. The largest absolute Gasteiger partial charge is 0.494 e. The fourth-order valence-electron chi connectivity index (χ4n) is 3.76. The van der Waals surface area contributed by atoms with Crippen LogP contribution < -0.4 is 14.8 Å². The molecule has 0 heterocycles. The van der Waals surface area contributed by atoms with Crippen LogP contribution in [-0.4, -0.2) is 70.0 Å². The van der Waals surface area contributed by atoms with Crippen LogP contribution in [0.4, 0.5) is 4.79 Å². The first-order chi connectivity index (χ1) is 22.3. The molecule has 0 unspecified atom stereocenters. The molecular weight excluding hydrogens is 616 g/mol. The number of benzene rings is 2. The van der Waals surface area contributed by atoms with Gasteiger partial charge >= 0.3 is 18.0 Å². The average molecular weight is 661 g/mol. The monoisotopic (exact) mass is 660 g/mol. The molecule has 0 aromatic heterocycles. The van der Waals surface area contributed by atoms with Crippen molar-refractivity contribution in [3.8, 4) is 17.6 Å². The van der Waals surface area contributed by atoms with Gasteiger partial charge in [-0.15, -0.1) is 0 Å². The summed E-state index contributed by atoms with van der Waals surface area (Å²) >= 11 is 0. The number of nitrogens with zero attached hydrogens (tertiary/aromatic N) is 1. The van der Waals surface area contributed by atoms with Crippen LogP contribution in [0, 0.1) is 11.3 Å². The molecule has 1 amide bonds. The molecule has 12 nitrogen and oxygen atoms in total. The van der Waals surface area contributed by atoms with E-state index in [9.17, 15) is 14.4 Å². The first-order valence-corrected chi connectivity index (χ1v) is 16.8. The Morgan fingerprint density at radius 1 is 0.804 bits per heavy atom. The predicted octanol–water partition coefficient (Wildman–Crippen LogP) is 6.31. The average Bonchev–Trinajstić information content (AvgIpc) is 3.05. The van der Waals surface area contributed by atoms with Crippen molar-refractivity contribution in [1.29, 1.82) is 5.26 Å². The van der Waals surface area contributed by atoms with Crippen molar-refractivity contribution < 1.29 is 45.9 Å². The molecule has 2 rings (SSSR count). The smallest absolute Gasteiger partial charge is 0.407 e. The number of nitriles is 1. The van der Waals surface area contributed by atoms with Crippen molar-refractivity contribution in [3.63, 3.8) is 0 Å². The third-order valence-corrected chi connectivity index (χ3v) is 8.37. The molecule has 2 aromatic carbocycles. The molecule has 0 aliphatic carbocycles. The molecule has 0 spiro atoms. The van der Waals surface area contributed by atoms with Gasteiger partial charge in [-0.25, -0.2) is 14.4 Å². The maximum atomic E-state index is 12.4. The molecule has 252 valence electrons. The first-order valence-electron chi connectivity index (χ1n) is 15.3. The van der Waals surface area contributed by atoms with Gasteiger partial charge in [0.15, 0.2) is 0 Å². The highest BCUT2D eigenvalue weighted by Crippen LogP contribution is 2.51. The van der Waals surface area contributed by atoms with Gasteiger partial charge in [-0.1, -0.05) is 12.1 Å². The number of hydrogen-bond acceptors (Lipinski definition) is 11. The zero-order valence-corrected chi connectivity index (χ0v) is 27.5. The first kappa shape index (κ1) is 38.1. The van der Waals surface area contributed by atoms with Gasteiger partial charge in [0.2, 0.25) is 0 Å². The van der Waals surface area contributed by atoms with Crippen LogP contribution >= 0.6 is 10.9 Å². The number of ether oxygens (including phenoxy) is 4. The molecule has 0 bridgehead atoms. The number of esters is 2. The van der Waals surface area contributed by atoms with Crippen LogP contribution in [0.15, 0.2) is 54.6 Å². The van der Waals surface area contributed by atoms with Crippen LogP contribution in [-0.2, 0) is 26.8 Å². The van der Waals surface area contributed by atoms with Gasteiger partial charge in [0.1, 0.15) is 11.5 Å². The van der Waals surface area contributed by atoms with Crippen LogP contribution in [0.5, 0.6) is 11.5 Å². The summed E-state index contributed by atoms with van der Waals surface area (Å²) in [5, 5.41) is 11.2. The second kappa shape index (κ2) is 22.4. The molecule has 13 heteroatoms. The maximum absolute atomic E-state index is 12.4. The molecule has 0 aliphatic rings. The zero-order valence-electron chi connectivity index (χ0n) is 26.7. The van der Waals surface area contributed by atoms with E-state index in [4.69, 9.17) is 36.8 Å². The minimum Gasteiger partial charge on any atom is -0.494 e.